The van der Waals surface area contributed by atoms with Crippen LogP contribution in [0.25, 0.3) is 0 Å². The smallest absolute Gasteiger partial charge is 0.127 e. The maximum absolute atomic E-state index is 9.38. The summed E-state index contributed by atoms with van der Waals surface area (Å²) in [6.45, 7) is 3.13. The molecule has 2 unspecified atom stereocenters. The number of aryl methyl sites for hydroxylation is 1. The van der Waals surface area contributed by atoms with E-state index in [0.29, 0.717) is 18.4 Å². The minimum absolute atomic E-state index is 0.301. The van der Waals surface area contributed by atoms with Gasteiger partial charge < -0.3 is 16.2 Å². The number of nitrogens with two attached hydrogens (primary N) is 1. The highest BCUT2D eigenvalue weighted by Crippen LogP contribution is 2.29. The van der Waals surface area contributed by atoms with Gasteiger partial charge in [0, 0.05) is 31.1 Å². The molecule has 1 aliphatic rings. The molecule has 1 aromatic rings. The van der Waals surface area contributed by atoms with E-state index in [1.165, 1.54) is 19.3 Å². The largest absolute Gasteiger partial charge is 0.398 e. The second kappa shape index (κ2) is 6.05. The summed E-state index contributed by atoms with van der Waals surface area (Å²) in [5.41, 5.74) is 7.64. The minimum atomic E-state index is 0.301. The first-order valence-electron chi connectivity index (χ1n) is 6.77. The van der Waals surface area contributed by atoms with Crippen LogP contribution in [-0.2, 0) is 0 Å². The Morgan fingerprint density at radius 1 is 1.39 bits per heavy atom. The molecule has 0 amide bonds. The first-order chi connectivity index (χ1) is 8.70. The average molecular weight is 249 g/mol. The maximum Gasteiger partial charge on any atom is 0.127 e. The number of nitrogens with one attached hydrogen (secondary N) is 1. The summed E-state index contributed by atoms with van der Waals surface area (Å²) in [6.07, 6.45) is 6.65. The van der Waals surface area contributed by atoms with E-state index in [0.717, 1.165) is 30.0 Å². The average Bonchev–Trinajstić information content (AvgIpc) is 2.40. The molecule has 0 aliphatic heterocycles. The molecule has 1 fully saturated rings. The Morgan fingerprint density at radius 3 is 2.78 bits per heavy atom. The predicted molar refractivity (Wildman–Crippen MR) is 74.4 cm³/mol. The maximum atomic E-state index is 9.38. The molecule has 4 heteroatoms. The number of aromatic nitrogens is 1. The second-order valence-electron chi connectivity index (χ2n) is 5.29. The minimum Gasteiger partial charge on any atom is -0.398 e. The van der Waals surface area contributed by atoms with Gasteiger partial charge in [-0.05, 0) is 37.2 Å². The van der Waals surface area contributed by atoms with Crippen molar-refractivity contribution in [2.24, 2.45) is 11.8 Å². The molecule has 0 aromatic carbocycles. The fourth-order valence-electron chi connectivity index (χ4n) is 2.67. The van der Waals surface area contributed by atoms with E-state index in [9.17, 15) is 5.11 Å². The highest BCUT2D eigenvalue weighted by Gasteiger charge is 2.24. The van der Waals surface area contributed by atoms with Crippen LogP contribution in [0.2, 0.25) is 0 Å². The number of anilines is 2. The summed E-state index contributed by atoms with van der Waals surface area (Å²) in [5, 5.41) is 12.7. The summed E-state index contributed by atoms with van der Waals surface area (Å²) in [5.74, 6) is 1.82. The molecule has 2 atom stereocenters. The van der Waals surface area contributed by atoms with E-state index in [-0.39, 0.29) is 0 Å². The second-order valence-corrected chi connectivity index (χ2v) is 5.29. The van der Waals surface area contributed by atoms with Crippen LogP contribution in [0.15, 0.2) is 12.3 Å². The summed E-state index contributed by atoms with van der Waals surface area (Å²) in [7, 11) is 0. The lowest BCUT2D eigenvalue weighted by Crippen LogP contribution is -2.28. The third-order valence-electron chi connectivity index (χ3n) is 3.99. The number of nitrogens with zero attached hydrogens (tertiary/aromatic N) is 1. The lowest BCUT2D eigenvalue weighted by molar-refractivity contribution is 0.141. The van der Waals surface area contributed by atoms with Gasteiger partial charge in [0.25, 0.3) is 0 Å². The van der Waals surface area contributed by atoms with E-state index in [4.69, 9.17) is 5.73 Å². The molecule has 0 bridgehead atoms. The molecular formula is C14H23N3O. The van der Waals surface area contributed by atoms with Gasteiger partial charge in [0.2, 0.25) is 0 Å². The number of nitrogen functional groups attached to an aromatic ring is 1. The lowest BCUT2D eigenvalue weighted by atomic mass is 9.79. The molecule has 18 heavy (non-hydrogen) atoms. The summed E-state index contributed by atoms with van der Waals surface area (Å²) >= 11 is 0. The predicted octanol–water partition coefficient (Wildman–Crippen LogP) is 2.18. The number of rotatable bonds is 4. The zero-order chi connectivity index (χ0) is 13.0. The van der Waals surface area contributed by atoms with Crippen LogP contribution >= 0.6 is 0 Å². The van der Waals surface area contributed by atoms with Crippen molar-refractivity contribution in [1.29, 1.82) is 0 Å². The van der Waals surface area contributed by atoms with Crippen molar-refractivity contribution in [3.05, 3.63) is 17.8 Å². The van der Waals surface area contributed by atoms with Gasteiger partial charge in [-0.25, -0.2) is 4.98 Å². The molecule has 4 nitrogen and oxygen atoms in total. The topological polar surface area (TPSA) is 71.2 Å². The molecule has 1 heterocycles. The van der Waals surface area contributed by atoms with Crippen LogP contribution < -0.4 is 11.1 Å². The lowest BCUT2D eigenvalue weighted by Gasteiger charge is -2.30. The first kappa shape index (κ1) is 13.1. The zero-order valence-corrected chi connectivity index (χ0v) is 11.0. The van der Waals surface area contributed by atoms with Crippen molar-refractivity contribution in [1.82, 2.24) is 4.98 Å². The molecule has 4 N–H and O–H groups in total. The summed E-state index contributed by atoms with van der Waals surface area (Å²) in [4.78, 5) is 4.32. The van der Waals surface area contributed by atoms with Crippen LogP contribution in [0.5, 0.6) is 0 Å². The Labute approximate surface area is 109 Å². The number of hydrogen-bond donors (Lipinski definition) is 3. The van der Waals surface area contributed by atoms with Crippen LogP contribution in [0.3, 0.4) is 0 Å². The first-order valence-corrected chi connectivity index (χ1v) is 6.77. The Morgan fingerprint density at radius 2 is 2.11 bits per heavy atom. The fourth-order valence-corrected chi connectivity index (χ4v) is 2.67. The van der Waals surface area contributed by atoms with Gasteiger partial charge in [-0.3, -0.25) is 0 Å². The number of aliphatic hydroxyl groups excluding tert-OH is 1. The van der Waals surface area contributed by atoms with Crippen molar-refractivity contribution in [3.8, 4) is 0 Å². The zero-order valence-electron chi connectivity index (χ0n) is 11.0. The molecule has 0 radical (unpaired) electrons. The standard InChI is InChI=1S/C14H23N3O/c1-10-7-16-14(6-13(10)15)17-8-11-4-2-3-5-12(11)9-18/h6-7,11-12,18H,2-5,8-9H2,1H3,(H3,15,16,17). The van der Waals surface area contributed by atoms with Crippen LogP contribution in [-0.4, -0.2) is 23.2 Å². The van der Waals surface area contributed by atoms with Gasteiger partial charge in [0.05, 0.1) is 0 Å². The third-order valence-corrected chi connectivity index (χ3v) is 3.99. The molecule has 1 aromatic heterocycles. The van der Waals surface area contributed by atoms with Gasteiger partial charge >= 0.3 is 0 Å². The summed E-state index contributed by atoms with van der Waals surface area (Å²) < 4.78 is 0. The van der Waals surface area contributed by atoms with Crippen molar-refractivity contribution in [2.75, 3.05) is 24.2 Å². The van der Waals surface area contributed by atoms with Gasteiger partial charge in [-0.15, -0.1) is 0 Å². The van der Waals surface area contributed by atoms with Crippen molar-refractivity contribution >= 4 is 11.5 Å². The van der Waals surface area contributed by atoms with Gasteiger partial charge in [-0.1, -0.05) is 12.8 Å². The summed E-state index contributed by atoms with van der Waals surface area (Å²) in [6, 6.07) is 1.88. The van der Waals surface area contributed by atoms with Gasteiger partial charge in [0.15, 0.2) is 0 Å². The van der Waals surface area contributed by atoms with Crippen molar-refractivity contribution in [3.63, 3.8) is 0 Å². The highest BCUT2D eigenvalue weighted by molar-refractivity contribution is 5.53. The van der Waals surface area contributed by atoms with Crippen LogP contribution in [0.1, 0.15) is 31.2 Å². The molecule has 1 aliphatic carbocycles. The van der Waals surface area contributed by atoms with E-state index in [1.807, 2.05) is 13.0 Å². The van der Waals surface area contributed by atoms with Gasteiger partial charge in [-0.2, -0.15) is 0 Å². The van der Waals surface area contributed by atoms with E-state index < -0.39 is 0 Å². The normalized spacial score (nSPS) is 23.9. The quantitative estimate of drug-likeness (QED) is 0.765. The molecular weight excluding hydrogens is 226 g/mol. The SMILES string of the molecule is Cc1cnc(NCC2CCCCC2CO)cc1N. The molecule has 2 rings (SSSR count). The fraction of sp³-hybridized carbons (Fsp3) is 0.643. The number of hydrogen-bond acceptors (Lipinski definition) is 4. The number of aliphatic hydroxyl groups is 1. The number of pyridine rings is 1. The Kier molecular flexibility index (Phi) is 4.42. The van der Waals surface area contributed by atoms with E-state index in [1.54, 1.807) is 6.20 Å². The molecule has 0 spiro atoms. The van der Waals surface area contributed by atoms with Gasteiger partial charge in [0.1, 0.15) is 5.82 Å². The highest BCUT2D eigenvalue weighted by atomic mass is 16.3. The van der Waals surface area contributed by atoms with Crippen molar-refractivity contribution < 1.29 is 5.11 Å². The van der Waals surface area contributed by atoms with E-state index >= 15 is 0 Å². The molecule has 0 saturated heterocycles. The monoisotopic (exact) mass is 249 g/mol. The molecule has 100 valence electrons. The Balaban J connectivity index is 1.91. The Hall–Kier alpha value is -1.29. The van der Waals surface area contributed by atoms with Crippen LogP contribution in [0, 0.1) is 18.8 Å². The van der Waals surface area contributed by atoms with E-state index in [2.05, 4.69) is 10.3 Å². The van der Waals surface area contributed by atoms with Crippen molar-refractivity contribution in [2.45, 2.75) is 32.6 Å². The molecule has 1 saturated carbocycles. The third kappa shape index (κ3) is 3.13. The van der Waals surface area contributed by atoms with Crippen LogP contribution in [0.4, 0.5) is 11.5 Å². The Bertz CT molecular complexity index is 395.